The topological polar surface area (TPSA) is 106 Å². The Morgan fingerprint density at radius 2 is 2.06 bits per heavy atom. The van der Waals surface area contributed by atoms with Crippen molar-refractivity contribution < 1.29 is 14.3 Å². The van der Waals surface area contributed by atoms with E-state index in [0.717, 1.165) is 16.6 Å². The van der Waals surface area contributed by atoms with E-state index in [1.807, 2.05) is 26.8 Å². The Morgan fingerprint density at radius 1 is 1.30 bits per heavy atom. The van der Waals surface area contributed by atoms with Crippen molar-refractivity contribution in [2.75, 3.05) is 18.9 Å². The summed E-state index contributed by atoms with van der Waals surface area (Å²) < 4.78 is 11.7. The third kappa shape index (κ3) is 5.10. The molecule has 1 aromatic carbocycles. The van der Waals surface area contributed by atoms with Gasteiger partial charge in [0.1, 0.15) is 29.4 Å². The summed E-state index contributed by atoms with van der Waals surface area (Å²) in [4.78, 5) is 26.9. The van der Waals surface area contributed by atoms with Crippen LogP contribution in [0.5, 0.6) is 0 Å². The molecule has 0 unspecified atom stereocenters. The molecule has 0 aliphatic carbocycles. The first kappa shape index (κ1) is 22.6. The van der Waals surface area contributed by atoms with Gasteiger partial charge in [0.25, 0.3) is 0 Å². The van der Waals surface area contributed by atoms with Gasteiger partial charge in [0.05, 0.1) is 29.7 Å². The van der Waals surface area contributed by atoms with Gasteiger partial charge >= 0.3 is 6.09 Å². The number of carbonyl (C=O) groups is 1. The number of anilines is 1. The molecule has 0 saturated carbocycles. The van der Waals surface area contributed by atoms with E-state index in [2.05, 4.69) is 41.7 Å². The van der Waals surface area contributed by atoms with Crippen molar-refractivity contribution in [3.63, 3.8) is 0 Å². The van der Waals surface area contributed by atoms with Crippen LogP contribution in [0.25, 0.3) is 11.0 Å². The Morgan fingerprint density at radius 3 is 2.79 bits per heavy atom. The number of hydrogen-bond donors (Lipinski definition) is 2. The molecule has 0 radical (unpaired) electrons. The van der Waals surface area contributed by atoms with Crippen LogP contribution in [0.4, 0.5) is 10.6 Å². The lowest BCUT2D eigenvalue weighted by molar-refractivity contribution is -0.0541. The van der Waals surface area contributed by atoms with Crippen LogP contribution in [0.1, 0.15) is 49.3 Å². The van der Waals surface area contributed by atoms with Crippen molar-refractivity contribution in [2.24, 2.45) is 0 Å². The number of aromatic nitrogens is 3. The summed E-state index contributed by atoms with van der Waals surface area (Å²) in [5.74, 6) is 7.10. The van der Waals surface area contributed by atoms with Gasteiger partial charge in [-0.25, -0.2) is 14.8 Å². The number of benzene rings is 1. The number of aromatic amines is 1. The number of nitrogens with two attached hydrogens (primary N) is 1. The fraction of sp³-hybridized carbons (Fsp3) is 0.400. The Labute approximate surface area is 193 Å². The molecule has 2 aromatic heterocycles. The van der Waals surface area contributed by atoms with E-state index in [-0.39, 0.29) is 13.2 Å². The molecule has 3 N–H and O–H groups in total. The van der Waals surface area contributed by atoms with Crippen LogP contribution in [0.3, 0.4) is 0 Å². The van der Waals surface area contributed by atoms with Crippen molar-refractivity contribution in [2.45, 2.75) is 52.4 Å². The smallest absolute Gasteiger partial charge is 0.411 e. The molecule has 1 saturated heterocycles. The van der Waals surface area contributed by atoms with E-state index in [9.17, 15) is 4.79 Å². The minimum atomic E-state index is -0.632. The van der Waals surface area contributed by atoms with Gasteiger partial charge in [-0.05, 0) is 70.0 Å². The first-order chi connectivity index (χ1) is 15.6. The molecule has 3 heterocycles. The van der Waals surface area contributed by atoms with Crippen LogP contribution in [0.15, 0.2) is 30.5 Å². The Kier molecular flexibility index (Phi) is 6.00. The van der Waals surface area contributed by atoms with Crippen molar-refractivity contribution in [1.82, 2.24) is 19.9 Å². The molecular weight excluding hydrogens is 418 g/mol. The van der Waals surface area contributed by atoms with Crippen LogP contribution in [0, 0.1) is 25.7 Å². The second-order valence-electron chi connectivity index (χ2n) is 9.25. The number of morpholine rings is 1. The summed E-state index contributed by atoms with van der Waals surface area (Å²) in [5, 5.41) is 0. The number of pyridine rings is 1. The quantitative estimate of drug-likeness (QED) is 0.548. The van der Waals surface area contributed by atoms with Gasteiger partial charge in [0.15, 0.2) is 0 Å². The first-order valence-corrected chi connectivity index (χ1v) is 10.9. The first-order valence-electron chi connectivity index (χ1n) is 10.9. The number of rotatable bonds is 1. The maximum absolute atomic E-state index is 13.1. The molecule has 0 spiro atoms. The van der Waals surface area contributed by atoms with E-state index >= 15 is 0 Å². The summed E-state index contributed by atoms with van der Waals surface area (Å²) in [7, 11) is 0. The molecule has 3 aromatic rings. The number of nitrogen functional groups attached to an aromatic ring is 1. The highest BCUT2D eigenvalue weighted by Gasteiger charge is 2.37. The summed E-state index contributed by atoms with van der Waals surface area (Å²) in [6.45, 7) is 10.1. The molecule has 2 atom stereocenters. The van der Waals surface area contributed by atoms with Gasteiger partial charge in [-0.1, -0.05) is 11.8 Å². The molecule has 0 bridgehead atoms. The standard InChI is InChI=1S/C25H29N5O3/c1-15-11-19-20(12-16(15)2)29-23(28-19)21-14-32-18(9-8-17-7-6-10-27-22(17)26)13-30(21)24(31)33-25(3,4)5/h6-7,10-12,18,21H,13-14H2,1-5H3,(H2,26,27)(H,28,29)/t18-,21+/m1/s1. The molecular formula is C25H29N5O3. The van der Waals surface area contributed by atoms with Gasteiger partial charge in [-0.2, -0.15) is 0 Å². The van der Waals surface area contributed by atoms with Crippen LogP contribution < -0.4 is 5.73 Å². The van der Waals surface area contributed by atoms with E-state index in [1.54, 1.807) is 23.2 Å². The van der Waals surface area contributed by atoms with Crippen LogP contribution in [-0.2, 0) is 9.47 Å². The van der Waals surface area contributed by atoms with E-state index in [4.69, 9.17) is 20.2 Å². The number of aryl methyl sites for hydroxylation is 2. The van der Waals surface area contributed by atoms with Gasteiger partial charge in [0, 0.05) is 6.20 Å². The van der Waals surface area contributed by atoms with Gasteiger partial charge in [-0.15, -0.1) is 0 Å². The fourth-order valence-corrected chi connectivity index (χ4v) is 3.62. The monoisotopic (exact) mass is 447 g/mol. The number of nitrogens with one attached hydrogen (secondary N) is 1. The summed E-state index contributed by atoms with van der Waals surface area (Å²) >= 11 is 0. The highest BCUT2D eigenvalue weighted by Crippen LogP contribution is 2.29. The van der Waals surface area contributed by atoms with E-state index in [1.165, 1.54) is 5.56 Å². The molecule has 1 aliphatic rings. The zero-order valence-electron chi connectivity index (χ0n) is 19.6. The molecule has 1 aliphatic heterocycles. The number of ether oxygens (including phenoxy) is 2. The largest absolute Gasteiger partial charge is 0.444 e. The normalized spacial score (nSPS) is 18.6. The summed E-state index contributed by atoms with van der Waals surface area (Å²) in [5.41, 5.74) is 9.98. The van der Waals surface area contributed by atoms with Crippen molar-refractivity contribution in [3.8, 4) is 11.8 Å². The molecule has 1 fully saturated rings. The molecule has 33 heavy (non-hydrogen) atoms. The zero-order chi connectivity index (χ0) is 23.8. The number of hydrogen-bond acceptors (Lipinski definition) is 6. The molecule has 172 valence electrons. The SMILES string of the molecule is Cc1cc2nc([C@@H]3CO[C@H](C#Cc4cccnc4N)CN3C(=O)OC(C)(C)C)[nH]c2cc1C. The average molecular weight is 448 g/mol. The van der Waals surface area contributed by atoms with Crippen LogP contribution in [-0.4, -0.2) is 50.8 Å². The molecule has 8 nitrogen and oxygen atoms in total. The van der Waals surface area contributed by atoms with Crippen molar-refractivity contribution >= 4 is 22.9 Å². The number of carbonyl (C=O) groups excluding carboxylic acids is 1. The van der Waals surface area contributed by atoms with Gasteiger partial charge in [0.2, 0.25) is 0 Å². The predicted octanol–water partition coefficient (Wildman–Crippen LogP) is 3.89. The third-order valence-electron chi connectivity index (χ3n) is 5.46. The zero-order valence-corrected chi connectivity index (χ0v) is 19.6. The number of nitrogens with zero attached hydrogens (tertiary/aromatic N) is 3. The van der Waals surface area contributed by atoms with E-state index < -0.39 is 23.8 Å². The Bertz CT molecular complexity index is 1210. The van der Waals surface area contributed by atoms with Gasteiger partial charge in [-0.3, -0.25) is 4.90 Å². The second-order valence-corrected chi connectivity index (χ2v) is 9.25. The van der Waals surface area contributed by atoms with Crippen molar-refractivity contribution in [3.05, 3.63) is 53.0 Å². The summed E-state index contributed by atoms with van der Waals surface area (Å²) in [6.07, 6.45) is 0.682. The average Bonchev–Trinajstić information content (AvgIpc) is 3.14. The maximum Gasteiger partial charge on any atom is 0.411 e. The maximum atomic E-state index is 13.1. The van der Waals surface area contributed by atoms with Crippen LogP contribution in [0.2, 0.25) is 0 Å². The second kappa shape index (κ2) is 8.75. The van der Waals surface area contributed by atoms with Crippen LogP contribution >= 0.6 is 0 Å². The Hall–Kier alpha value is -3.57. The minimum Gasteiger partial charge on any atom is -0.444 e. The highest BCUT2D eigenvalue weighted by atomic mass is 16.6. The lowest BCUT2D eigenvalue weighted by Crippen LogP contribution is -2.49. The number of H-pyrrole nitrogens is 1. The lowest BCUT2D eigenvalue weighted by atomic mass is 10.1. The predicted molar refractivity (Wildman–Crippen MR) is 127 cm³/mol. The minimum absolute atomic E-state index is 0.235. The lowest BCUT2D eigenvalue weighted by Gasteiger charge is -2.37. The van der Waals surface area contributed by atoms with E-state index in [0.29, 0.717) is 17.2 Å². The number of imidazole rings is 1. The Balaban J connectivity index is 1.63. The number of fused-ring (bicyclic) bond motifs is 1. The third-order valence-corrected chi connectivity index (χ3v) is 5.46. The summed E-state index contributed by atoms with van der Waals surface area (Å²) in [6, 6.07) is 7.25. The fourth-order valence-electron chi connectivity index (χ4n) is 3.62. The highest BCUT2D eigenvalue weighted by molar-refractivity contribution is 5.77. The van der Waals surface area contributed by atoms with Crippen molar-refractivity contribution in [1.29, 1.82) is 0 Å². The molecule has 4 rings (SSSR count). The van der Waals surface area contributed by atoms with Gasteiger partial charge < -0.3 is 20.2 Å². The number of amides is 1. The molecule has 1 amide bonds. The molecule has 8 heteroatoms.